The van der Waals surface area contributed by atoms with Gasteiger partial charge in [-0.25, -0.2) is 18.1 Å². The van der Waals surface area contributed by atoms with E-state index in [9.17, 15) is 8.42 Å². The third-order valence-electron chi connectivity index (χ3n) is 4.80. The molecule has 0 radical (unpaired) electrons. The van der Waals surface area contributed by atoms with Crippen LogP contribution in [0.2, 0.25) is 0 Å². The number of benzene rings is 3. The number of sulfonamides is 1. The summed E-state index contributed by atoms with van der Waals surface area (Å²) in [6.07, 6.45) is 0. The number of nitrogens with two attached hydrogens (primary N) is 1. The average Bonchev–Trinajstić information content (AvgIpc) is 2.74. The van der Waals surface area contributed by atoms with Crippen LogP contribution >= 0.6 is 0 Å². The Balaban J connectivity index is 1.80. The zero-order chi connectivity index (χ0) is 22.7. The predicted octanol–water partition coefficient (Wildman–Crippen LogP) is 4.94. The van der Waals surface area contributed by atoms with Gasteiger partial charge in [-0.3, -0.25) is 0 Å². The fourth-order valence-corrected chi connectivity index (χ4v) is 4.34. The van der Waals surface area contributed by atoms with Crippen LogP contribution in [-0.2, 0) is 10.0 Å². The lowest BCUT2D eigenvalue weighted by Crippen LogP contribution is -2.16. The van der Waals surface area contributed by atoms with E-state index in [-0.39, 0.29) is 16.7 Å². The van der Waals surface area contributed by atoms with Gasteiger partial charge in [0.25, 0.3) is 10.0 Å². The Hall–Kier alpha value is -3.91. The van der Waals surface area contributed by atoms with Gasteiger partial charge in [-0.05, 0) is 55.3 Å². The van der Waals surface area contributed by atoms with Crippen molar-refractivity contribution in [2.24, 2.45) is 0 Å². The first-order valence-corrected chi connectivity index (χ1v) is 11.4. The molecule has 7 nitrogen and oxygen atoms in total. The van der Waals surface area contributed by atoms with Gasteiger partial charge in [-0.1, -0.05) is 42.5 Å². The number of hydrogen-bond donors (Lipinski definition) is 2. The van der Waals surface area contributed by atoms with Gasteiger partial charge in [0.15, 0.2) is 0 Å². The van der Waals surface area contributed by atoms with Crippen molar-refractivity contribution in [2.75, 3.05) is 10.5 Å². The minimum absolute atomic E-state index is 0.0177. The molecule has 1 heterocycles. The lowest BCUT2D eigenvalue weighted by molar-refractivity contribution is 0.463. The van der Waals surface area contributed by atoms with E-state index in [0.717, 1.165) is 16.7 Å². The highest BCUT2D eigenvalue weighted by Crippen LogP contribution is 2.31. The van der Waals surface area contributed by atoms with Crippen molar-refractivity contribution in [1.82, 2.24) is 9.97 Å². The third kappa shape index (κ3) is 4.70. The average molecular weight is 447 g/mol. The van der Waals surface area contributed by atoms with Crippen molar-refractivity contribution in [2.45, 2.75) is 18.7 Å². The van der Waals surface area contributed by atoms with E-state index in [0.29, 0.717) is 17.1 Å². The van der Waals surface area contributed by atoms with Gasteiger partial charge in [-0.15, -0.1) is 0 Å². The Morgan fingerprint density at radius 3 is 2.22 bits per heavy atom. The molecule has 0 aliphatic rings. The highest BCUT2D eigenvalue weighted by atomic mass is 32.2. The van der Waals surface area contributed by atoms with E-state index in [1.807, 2.05) is 50.2 Å². The Morgan fingerprint density at radius 2 is 1.53 bits per heavy atom. The number of nitrogen functional groups attached to an aromatic ring is 1. The van der Waals surface area contributed by atoms with Gasteiger partial charge < -0.3 is 10.5 Å². The summed E-state index contributed by atoms with van der Waals surface area (Å²) in [7, 11) is -3.96. The topological polar surface area (TPSA) is 107 Å². The molecule has 4 rings (SSSR count). The predicted molar refractivity (Wildman–Crippen MR) is 125 cm³/mol. The standard InChI is InChI=1S/C24H22N4O3S/c1-16-8-6-9-17(2)23(16)21-15-22(31-19-11-4-3-5-12-19)27-24(26-21)28-32(29,30)20-13-7-10-18(25)14-20/h3-15H,25H2,1-2H3,(H,26,27,28). The van der Waals surface area contributed by atoms with Crippen molar-refractivity contribution in [3.8, 4) is 22.9 Å². The summed E-state index contributed by atoms with van der Waals surface area (Å²) in [6, 6.07) is 22.7. The Labute approximate surface area is 187 Å². The minimum Gasteiger partial charge on any atom is -0.439 e. The number of para-hydroxylation sites is 1. The van der Waals surface area contributed by atoms with Gasteiger partial charge in [0.2, 0.25) is 11.8 Å². The maximum atomic E-state index is 12.9. The van der Waals surface area contributed by atoms with E-state index in [4.69, 9.17) is 10.5 Å². The lowest BCUT2D eigenvalue weighted by Gasteiger charge is -2.14. The monoisotopic (exact) mass is 446 g/mol. The maximum absolute atomic E-state index is 12.9. The molecule has 0 aliphatic heterocycles. The van der Waals surface area contributed by atoms with Crippen molar-refractivity contribution in [3.05, 3.63) is 90.0 Å². The molecule has 0 atom stereocenters. The summed E-state index contributed by atoms with van der Waals surface area (Å²) in [5.74, 6) is 0.691. The first-order chi connectivity index (χ1) is 15.3. The number of ether oxygens (including phenoxy) is 1. The number of aromatic nitrogens is 2. The molecule has 0 unspecified atom stereocenters. The molecule has 3 N–H and O–H groups in total. The summed E-state index contributed by atoms with van der Waals surface area (Å²) < 4.78 is 34.2. The summed E-state index contributed by atoms with van der Waals surface area (Å²) in [6.45, 7) is 3.94. The fourth-order valence-electron chi connectivity index (χ4n) is 3.34. The normalized spacial score (nSPS) is 11.2. The van der Waals surface area contributed by atoms with Crippen LogP contribution in [0.4, 0.5) is 11.6 Å². The van der Waals surface area contributed by atoms with Crippen LogP contribution in [0.5, 0.6) is 11.6 Å². The van der Waals surface area contributed by atoms with Crippen LogP contribution in [0.15, 0.2) is 83.8 Å². The largest absolute Gasteiger partial charge is 0.439 e. The summed E-state index contributed by atoms with van der Waals surface area (Å²) >= 11 is 0. The van der Waals surface area contributed by atoms with Gasteiger partial charge in [0, 0.05) is 17.3 Å². The molecule has 1 aromatic heterocycles. The van der Waals surface area contributed by atoms with Crippen LogP contribution in [0.3, 0.4) is 0 Å². The highest BCUT2D eigenvalue weighted by molar-refractivity contribution is 7.92. The van der Waals surface area contributed by atoms with E-state index in [2.05, 4.69) is 14.7 Å². The summed E-state index contributed by atoms with van der Waals surface area (Å²) in [5.41, 5.74) is 9.52. The molecule has 0 saturated carbocycles. The molecule has 0 aliphatic carbocycles. The highest BCUT2D eigenvalue weighted by Gasteiger charge is 2.19. The summed E-state index contributed by atoms with van der Waals surface area (Å²) in [4.78, 5) is 8.80. The molecule has 0 amide bonds. The second-order valence-corrected chi connectivity index (χ2v) is 8.96. The quantitative estimate of drug-likeness (QED) is 0.407. The number of rotatable bonds is 6. The smallest absolute Gasteiger partial charge is 0.264 e. The molecule has 4 aromatic rings. The van der Waals surface area contributed by atoms with Gasteiger partial charge in [0.05, 0.1) is 10.6 Å². The molecule has 3 aromatic carbocycles. The number of nitrogens with zero attached hydrogens (tertiary/aromatic N) is 2. The molecular weight excluding hydrogens is 424 g/mol. The fraction of sp³-hybridized carbons (Fsp3) is 0.0833. The zero-order valence-electron chi connectivity index (χ0n) is 17.6. The first kappa shape index (κ1) is 21.3. The Kier molecular flexibility index (Phi) is 5.79. The van der Waals surface area contributed by atoms with Gasteiger partial charge in [0.1, 0.15) is 5.75 Å². The van der Waals surface area contributed by atoms with Crippen molar-refractivity contribution < 1.29 is 13.2 Å². The van der Waals surface area contributed by atoms with E-state index in [1.54, 1.807) is 30.3 Å². The molecule has 0 saturated heterocycles. The number of aryl methyl sites for hydroxylation is 2. The number of hydrogen-bond acceptors (Lipinski definition) is 6. The van der Waals surface area contributed by atoms with Crippen molar-refractivity contribution in [1.29, 1.82) is 0 Å². The van der Waals surface area contributed by atoms with Crippen LogP contribution in [0.1, 0.15) is 11.1 Å². The number of nitrogens with one attached hydrogen (secondary N) is 1. The molecule has 0 bridgehead atoms. The minimum atomic E-state index is -3.96. The van der Waals surface area contributed by atoms with Crippen LogP contribution < -0.4 is 15.2 Å². The second-order valence-electron chi connectivity index (χ2n) is 7.27. The van der Waals surface area contributed by atoms with Crippen LogP contribution in [-0.4, -0.2) is 18.4 Å². The number of anilines is 2. The van der Waals surface area contributed by atoms with Gasteiger partial charge in [-0.2, -0.15) is 4.98 Å². The molecule has 8 heteroatoms. The third-order valence-corrected chi connectivity index (χ3v) is 6.13. The molecule has 0 spiro atoms. The molecule has 32 heavy (non-hydrogen) atoms. The second kappa shape index (κ2) is 8.68. The SMILES string of the molecule is Cc1cccc(C)c1-c1cc(Oc2ccccc2)nc(NS(=O)(=O)c2cccc(N)c2)n1. The van der Waals surface area contributed by atoms with E-state index in [1.165, 1.54) is 12.1 Å². The first-order valence-electron chi connectivity index (χ1n) is 9.89. The molecule has 0 fully saturated rings. The van der Waals surface area contributed by atoms with E-state index >= 15 is 0 Å². The Morgan fingerprint density at radius 1 is 0.844 bits per heavy atom. The van der Waals surface area contributed by atoms with E-state index < -0.39 is 10.0 Å². The lowest BCUT2D eigenvalue weighted by atomic mass is 10.00. The Bertz CT molecular complexity index is 1350. The van der Waals surface area contributed by atoms with Crippen LogP contribution in [0, 0.1) is 13.8 Å². The van der Waals surface area contributed by atoms with Gasteiger partial charge >= 0.3 is 0 Å². The van der Waals surface area contributed by atoms with Crippen molar-refractivity contribution in [3.63, 3.8) is 0 Å². The summed E-state index contributed by atoms with van der Waals surface area (Å²) in [5, 5.41) is 0. The molecular formula is C24H22N4O3S. The maximum Gasteiger partial charge on any atom is 0.264 e. The zero-order valence-corrected chi connectivity index (χ0v) is 18.4. The van der Waals surface area contributed by atoms with Crippen LogP contribution in [0.25, 0.3) is 11.3 Å². The molecule has 162 valence electrons. The van der Waals surface area contributed by atoms with Crippen molar-refractivity contribution >= 4 is 21.7 Å².